The Morgan fingerprint density at radius 1 is 1.17 bits per heavy atom. The molecule has 0 saturated carbocycles. The Kier molecular flexibility index (Phi) is 6.29. The van der Waals surface area contributed by atoms with Crippen LogP contribution in [0.15, 0.2) is 36.5 Å². The van der Waals surface area contributed by atoms with Crippen molar-refractivity contribution in [1.29, 1.82) is 0 Å². The highest BCUT2D eigenvalue weighted by Crippen LogP contribution is 2.24. The molecule has 0 saturated heterocycles. The van der Waals surface area contributed by atoms with Crippen molar-refractivity contribution in [3.63, 3.8) is 0 Å². The number of unbranched alkanes of at least 4 members (excludes halogenated alkanes) is 1. The van der Waals surface area contributed by atoms with E-state index in [4.69, 9.17) is 9.47 Å². The quantitative estimate of drug-likeness (QED) is 0.744. The zero-order valence-electron chi connectivity index (χ0n) is 14.9. The molecule has 1 aromatic heterocycles. The van der Waals surface area contributed by atoms with Crippen molar-refractivity contribution < 1.29 is 14.3 Å². The van der Waals surface area contributed by atoms with Crippen LogP contribution in [0.5, 0.6) is 11.5 Å². The van der Waals surface area contributed by atoms with Crippen LogP contribution >= 0.6 is 0 Å². The van der Waals surface area contributed by atoms with Crippen LogP contribution in [0.3, 0.4) is 0 Å². The van der Waals surface area contributed by atoms with E-state index in [0.717, 1.165) is 25.1 Å². The molecule has 0 radical (unpaired) electrons. The van der Waals surface area contributed by atoms with Crippen molar-refractivity contribution in [2.45, 2.75) is 26.3 Å². The van der Waals surface area contributed by atoms with E-state index >= 15 is 0 Å². The van der Waals surface area contributed by atoms with Gasteiger partial charge < -0.3 is 18.9 Å². The molecule has 0 bridgehead atoms. The van der Waals surface area contributed by atoms with Crippen LogP contribution in [0.25, 0.3) is 0 Å². The van der Waals surface area contributed by atoms with Crippen molar-refractivity contribution >= 4 is 5.91 Å². The van der Waals surface area contributed by atoms with E-state index in [1.807, 2.05) is 34.8 Å². The lowest BCUT2D eigenvalue weighted by molar-refractivity contribution is 0.0736. The SMILES string of the molecule is CCCCN(Cc1cccn1C)C(=O)c1cc(OC)cc(OC)c1. The van der Waals surface area contributed by atoms with E-state index in [2.05, 4.69) is 6.92 Å². The van der Waals surface area contributed by atoms with Crippen molar-refractivity contribution in [3.05, 3.63) is 47.8 Å². The molecule has 5 nitrogen and oxygen atoms in total. The van der Waals surface area contributed by atoms with Crippen LogP contribution in [0.1, 0.15) is 35.8 Å². The molecular weight excluding hydrogens is 304 g/mol. The Labute approximate surface area is 143 Å². The fourth-order valence-electron chi connectivity index (χ4n) is 2.57. The van der Waals surface area contributed by atoms with Gasteiger partial charge in [-0.25, -0.2) is 0 Å². The molecule has 130 valence electrons. The number of benzene rings is 1. The van der Waals surface area contributed by atoms with E-state index in [0.29, 0.717) is 23.6 Å². The van der Waals surface area contributed by atoms with Gasteiger partial charge in [0.1, 0.15) is 11.5 Å². The third-order valence-corrected chi connectivity index (χ3v) is 4.07. The van der Waals surface area contributed by atoms with Gasteiger partial charge in [0.15, 0.2) is 0 Å². The van der Waals surface area contributed by atoms with Crippen LogP contribution < -0.4 is 9.47 Å². The first kappa shape index (κ1) is 17.9. The molecule has 0 aliphatic heterocycles. The number of amides is 1. The molecule has 1 aromatic carbocycles. The molecule has 0 N–H and O–H groups in total. The Hall–Kier alpha value is -2.43. The van der Waals surface area contributed by atoms with Gasteiger partial charge in [0.2, 0.25) is 0 Å². The molecule has 0 fully saturated rings. The van der Waals surface area contributed by atoms with Gasteiger partial charge in [0.05, 0.1) is 20.8 Å². The number of carbonyl (C=O) groups is 1. The van der Waals surface area contributed by atoms with Gasteiger partial charge >= 0.3 is 0 Å². The standard InChI is InChI=1S/C19H26N2O3/c1-5-6-10-21(14-16-8-7-9-20(16)2)19(22)15-11-17(23-3)13-18(12-15)24-4/h7-9,11-13H,5-6,10,14H2,1-4H3. The maximum atomic E-state index is 13.0. The molecule has 1 amide bonds. The average molecular weight is 330 g/mol. The number of hydrogen-bond acceptors (Lipinski definition) is 3. The molecule has 2 rings (SSSR count). The number of rotatable bonds is 8. The lowest BCUT2D eigenvalue weighted by Crippen LogP contribution is -2.32. The lowest BCUT2D eigenvalue weighted by Gasteiger charge is -2.23. The molecule has 1 heterocycles. The zero-order chi connectivity index (χ0) is 17.5. The number of ether oxygens (including phenoxy) is 2. The second-order valence-electron chi connectivity index (χ2n) is 5.79. The summed E-state index contributed by atoms with van der Waals surface area (Å²) in [5.74, 6) is 1.22. The maximum absolute atomic E-state index is 13.0. The third kappa shape index (κ3) is 4.31. The largest absolute Gasteiger partial charge is 0.497 e. The van der Waals surface area contributed by atoms with Crippen LogP contribution in [-0.2, 0) is 13.6 Å². The topological polar surface area (TPSA) is 43.7 Å². The summed E-state index contributed by atoms with van der Waals surface area (Å²) in [5.41, 5.74) is 1.69. The molecule has 0 atom stereocenters. The molecule has 5 heteroatoms. The summed E-state index contributed by atoms with van der Waals surface area (Å²) < 4.78 is 12.6. The minimum Gasteiger partial charge on any atom is -0.497 e. The van der Waals surface area contributed by atoms with Gasteiger partial charge in [-0.3, -0.25) is 4.79 Å². The zero-order valence-corrected chi connectivity index (χ0v) is 14.9. The number of aryl methyl sites for hydroxylation is 1. The van der Waals surface area contributed by atoms with Gasteiger partial charge in [-0.05, 0) is 30.7 Å². The van der Waals surface area contributed by atoms with Gasteiger partial charge in [-0.1, -0.05) is 13.3 Å². The highest BCUT2D eigenvalue weighted by Gasteiger charge is 2.18. The predicted molar refractivity (Wildman–Crippen MR) is 94.6 cm³/mol. The number of aromatic nitrogens is 1. The fourth-order valence-corrected chi connectivity index (χ4v) is 2.57. The van der Waals surface area contributed by atoms with Gasteiger partial charge in [-0.2, -0.15) is 0 Å². The number of methoxy groups -OCH3 is 2. The first-order valence-corrected chi connectivity index (χ1v) is 8.21. The monoisotopic (exact) mass is 330 g/mol. The molecule has 0 aliphatic rings. The van der Waals surface area contributed by atoms with Crippen molar-refractivity contribution in [1.82, 2.24) is 9.47 Å². The van der Waals surface area contributed by atoms with E-state index < -0.39 is 0 Å². The average Bonchev–Trinajstić information content (AvgIpc) is 3.02. The second kappa shape index (κ2) is 8.43. The van der Waals surface area contributed by atoms with E-state index in [1.165, 1.54) is 0 Å². The molecular formula is C19H26N2O3. The Bertz CT molecular complexity index is 657. The third-order valence-electron chi connectivity index (χ3n) is 4.07. The lowest BCUT2D eigenvalue weighted by atomic mass is 10.1. The Morgan fingerprint density at radius 3 is 2.33 bits per heavy atom. The Balaban J connectivity index is 2.28. The number of carbonyl (C=O) groups excluding carboxylic acids is 1. The summed E-state index contributed by atoms with van der Waals surface area (Å²) in [4.78, 5) is 14.9. The molecule has 24 heavy (non-hydrogen) atoms. The van der Waals surface area contributed by atoms with Crippen molar-refractivity contribution in [2.24, 2.45) is 7.05 Å². The van der Waals surface area contributed by atoms with Crippen LogP contribution in [-0.4, -0.2) is 36.1 Å². The first-order valence-electron chi connectivity index (χ1n) is 8.21. The highest BCUT2D eigenvalue weighted by molar-refractivity contribution is 5.95. The number of nitrogens with zero attached hydrogens (tertiary/aromatic N) is 2. The van der Waals surface area contributed by atoms with Crippen molar-refractivity contribution in [3.8, 4) is 11.5 Å². The second-order valence-corrected chi connectivity index (χ2v) is 5.79. The summed E-state index contributed by atoms with van der Waals surface area (Å²) in [5, 5.41) is 0. The maximum Gasteiger partial charge on any atom is 0.254 e. The summed E-state index contributed by atoms with van der Waals surface area (Å²) in [7, 11) is 5.16. The highest BCUT2D eigenvalue weighted by atomic mass is 16.5. The fraction of sp³-hybridized carbons (Fsp3) is 0.421. The normalized spacial score (nSPS) is 10.5. The summed E-state index contributed by atoms with van der Waals surface area (Å²) in [6, 6.07) is 9.32. The molecule has 0 spiro atoms. The van der Waals surface area contributed by atoms with Crippen LogP contribution in [0.2, 0.25) is 0 Å². The smallest absolute Gasteiger partial charge is 0.254 e. The molecule has 0 unspecified atom stereocenters. The van der Waals surface area contributed by atoms with Gasteiger partial charge in [0, 0.05) is 37.1 Å². The summed E-state index contributed by atoms with van der Waals surface area (Å²) in [6.45, 7) is 3.43. The summed E-state index contributed by atoms with van der Waals surface area (Å²) >= 11 is 0. The Morgan fingerprint density at radius 2 is 1.83 bits per heavy atom. The van der Waals surface area contributed by atoms with E-state index in [1.54, 1.807) is 32.4 Å². The van der Waals surface area contributed by atoms with Gasteiger partial charge in [0.25, 0.3) is 5.91 Å². The van der Waals surface area contributed by atoms with Gasteiger partial charge in [-0.15, -0.1) is 0 Å². The minimum atomic E-state index is -0.0122. The molecule has 0 aliphatic carbocycles. The minimum absolute atomic E-state index is 0.0122. The van der Waals surface area contributed by atoms with E-state index in [-0.39, 0.29) is 5.91 Å². The van der Waals surface area contributed by atoms with Crippen LogP contribution in [0.4, 0.5) is 0 Å². The molecule has 2 aromatic rings. The predicted octanol–water partition coefficient (Wildman–Crippen LogP) is 3.48. The number of hydrogen-bond donors (Lipinski definition) is 0. The summed E-state index contributed by atoms with van der Waals surface area (Å²) in [6.07, 6.45) is 4.00. The first-order chi connectivity index (χ1) is 11.6. The van der Waals surface area contributed by atoms with Crippen LogP contribution in [0, 0.1) is 0 Å². The van der Waals surface area contributed by atoms with E-state index in [9.17, 15) is 4.79 Å². The van der Waals surface area contributed by atoms with Crippen molar-refractivity contribution in [2.75, 3.05) is 20.8 Å².